The molecule has 1 aromatic rings. The predicted molar refractivity (Wildman–Crippen MR) is 63.0 cm³/mol. The quantitative estimate of drug-likeness (QED) is 0.579. The number of anilines is 1. The molecule has 0 N–H and O–H groups in total. The average molecular weight is 224 g/mol. The molecule has 0 heterocycles. The molecular formula is C11H14ClN3. The summed E-state index contributed by atoms with van der Waals surface area (Å²) < 4.78 is 0. The summed E-state index contributed by atoms with van der Waals surface area (Å²) in [6, 6.07) is 7.27. The second-order valence-corrected chi connectivity index (χ2v) is 3.97. The highest BCUT2D eigenvalue weighted by Gasteiger charge is 2.04. The summed E-state index contributed by atoms with van der Waals surface area (Å²) in [5.41, 5.74) is 0.878. The van der Waals surface area contributed by atoms with Gasteiger partial charge in [-0.1, -0.05) is 11.6 Å². The number of nitriles is 1. The standard InChI is InChI=1S/C11H14ClN3/c1-14(2)7-8-15(9-13)11-5-3-10(12)4-6-11/h3-6H,7-8H2,1-2H3. The van der Waals surface area contributed by atoms with Gasteiger partial charge in [0.15, 0.2) is 6.19 Å². The van der Waals surface area contributed by atoms with Gasteiger partial charge in [-0.2, -0.15) is 5.26 Å². The van der Waals surface area contributed by atoms with Gasteiger partial charge in [0.25, 0.3) is 0 Å². The summed E-state index contributed by atoms with van der Waals surface area (Å²) in [6.07, 6.45) is 2.16. The van der Waals surface area contributed by atoms with Crippen LogP contribution in [0.4, 0.5) is 5.69 Å². The van der Waals surface area contributed by atoms with E-state index >= 15 is 0 Å². The van der Waals surface area contributed by atoms with Crippen LogP contribution in [0.15, 0.2) is 24.3 Å². The van der Waals surface area contributed by atoms with Crippen molar-refractivity contribution in [1.82, 2.24) is 4.90 Å². The number of halogens is 1. The van der Waals surface area contributed by atoms with Crippen molar-refractivity contribution in [2.45, 2.75) is 0 Å². The number of likely N-dealkylation sites (N-methyl/N-ethyl adjacent to an activating group) is 1. The molecule has 0 saturated heterocycles. The van der Waals surface area contributed by atoms with E-state index in [1.807, 2.05) is 31.1 Å². The van der Waals surface area contributed by atoms with E-state index in [-0.39, 0.29) is 0 Å². The zero-order valence-corrected chi connectivity index (χ0v) is 9.70. The van der Waals surface area contributed by atoms with Gasteiger partial charge in [0.05, 0.1) is 5.69 Å². The second kappa shape index (κ2) is 5.59. The molecule has 0 spiro atoms. The molecule has 3 nitrogen and oxygen atoms in total. The van der Waals surface area contributed by atoms with Crippen LogP contribution >= 0.6 is 11.6 Å². The molecule has 0 fully saturated rings. The largest absolute Gasteiger partial charge is 0.308 e. The zero-order valence-electron chi connectivity index (χ0n) is 8.94. The van der Waals surface area contributed by atoms with Gasteiger partial charge in [-0.25, -0.2) is 0 Å². The third-order valence-electron chi connectivity index (χ3n) is 2.03. The summed E-state index contributed by atoms with van der Waals surface area (Å²) in [4.78, 5) is 3.69. The van der Waals surface area contributed by atoms with Crippen LogP contribution in [-0.4, -0.2) is 32.1 Å². The fraction of sp³-hybridized carbons (Fsp3) is 0.364. The molecule has 1 aromatic carbocycles. The number of rotatable bonds is 4. The Morgan fingerprint density at radius 1 is 1.20 bits per heavy atom. The monoisotopic (exact) mass is 223 g/mol. The summed E-state index contributed by atoms with van der Waals surface area (Å²) in [7, 11) is 3.97. The van der Waals surface area contributed by atoms with Crippen LogP contribution in [0.3, 0.4) is 0 Å². The molecule has 0 aliphatic carbocycles. The maximum atomic E-state index is 8.99. The molecule has 0 aromatic heterocycles. The SMILES string of the molecule is CN(C)CCN(C#N)c1ccc(Cl)cc1. The van der Waals surface area contributed by atoms with Crippen molar-refractivity contribution in [2.75, 3.05) is 32.1 Å². The summed E-state index contributed by atoms with van der Waals surface area (Å²) in [5.74, 6) is 0. The third kappa shape index (κ3) is 3.78. The van der Waals surface area contributed by atoms with E-state index in [0.29, 0.717) is 11.6 Å². The molecule has 1 rings (SSSR count). The maximum Gasteiger partial charge on any atom is 0.184 e. The first kappa shape index (κ1) is 11.8. The molecule has 0 bridgehead atoms. The lowest BCUT2D eigenvalue weighted by atomic mass is 10.3. The van der Waals surface area contributed by atoms with E-state index in [9.17, 15) is 0 Å². The lowest BCUT2D eigenvalue weighted by molar-refractivity contribution is 0.419. The number of nitrogens with zero attached hydrogens (tertiary/aromatic N) is 3. The van der Waals surface area contributed by atoms with Crippen molar-refractivity contribution in [3.05, 3.63) is 29.3 Å². The Kier molecular flexibility index (Phi) is 4.41. The molecule has 0 unspecified atom stereocenters. The molecule has 80 valence electrons. The first-order valence-corrected chi connectivity index (χ1v) is 5.09. The lowest BCUT2D eigenvalue weighted by Gasteiger charge is -2.18. The Morgan fingerprint density at radius 2 is 1.80 bits per heavy atom. The first-order chi connectivity index (χ1) is 7.13. The van der Waals surface area contributed by atoms with E-state index in [0.717, 1.165) is 12.2 Å². The van der Waals surface area contributed by atoms with E-state index < -0.39 is 0 Å². The van der Waals surface area contributed by atoms with Crippen molar-refractivity contribution in [3.63, 3.8) is 0 Å². The number of benzene rings is 1. The van der Waals surface area contributed by atoms with E-state index in [4.69, 9.17) is 16.9 Å². The van der Waals surface area contributed by atoms with Gasteiger partial charge in [-0.15, -0.1) is 0 Å². The van der Waals surface area contributed by atoms with Crippen molar-refractivity contribution >= 4 is 17.3 Å². The zero-order chi connectivity index (χ0) is 11.3. The van der Waals surface area contributed by atoms with Crippen LogP contribution in [0.25, 0.3) is 0 Å². The normalized spacial score (nSPS) is 10.1. The van der Waals surface area contributed by atoms with Gasteiger partial charge in [-0.05, 0) is 38.4 Å². The van der Waals surface area contributed by atoms with Crippen LogP contribution in [0.2, 0.25) is 5.02 Å². The third-order valence-corrected chi connectivity index (χ3v) is 2.28. The van der Waals surface area contributed by atoms with Crippen molar-refractivity contribution in [3.8, 4) is 6.19 Å². The van der Waals surface area contributed by atoms with E-state index in [1.165, 1.54) is 0 Å². The van der Waals surface area contributed by atoms with E-state index in [2.05, 4.69) is 6.19 Å². The smallest absolute Gasteiger partial charge is 0.184 e. The molecule has 0 radical (unpaired) electrons. The summed E-state index contributed by atoms with van der Waals surface area (Å²) in [6.45, 7) is 1.53. The Morgan fingerprint density at radius 3 is 2.27 bits per heavy atom. The van der Waals surface area contributed by atoms with Gasteiger partial charge >= 0.3 is 0 Å². The molecule has 0 atom stereocenters. The number of hydrogen-bond donors (Lipinski definition) is 0. The predicted octanol–water partition coefficient (Wildman–Crippen LogP) is 2.19. The van der Waals surface area contributed by atoms with Gasteiger partial charge in [0.2, 0.25) is 0 Å². The summed E-state index contributed by atoms with van der Waals surface area (Å²) in [5, 5.41) is 9.67. The molecule has 15 heavy (non-hydrogen) atoms. The van der Waals surface area contributed by atoms with Crippen molar-refractivity contribution < 1.29 is 0 Å². The molecular weight excluding hydrogens is 210 g/mol. The molecule has 0 aliphatic rings. The minimum absolute atomic E-state index is 0.684. The average Bonchev–Trinajstić information content (AvgIpc) is 2.21. The van der Waals surface area contributed by atoms with Crippen LogP contribution in [0.5, 0.6) is 0 Å². The van der Waals surface area contributed by atoms with Gasteiger partial charge in [0, 0.05) is 18.1 Å². The Balaban J connectivity index is 2.67. The minimum atomic E-state index is 0.684. The van der Waals surface area contributed by atoms with Crippen LogP contribution in [0, 0.1) is 11.5 Å². The van der Waals surface area contributed by atoms with Crippen LogP contribution < -0.4 is 4.90 Å². The fourth-order valence-electron chi connectivity index (χ4n) is 1.16. The van der Waals surface area contributed by atoms with Crippen LogP contribution in [0.1, 0.15) is 0 Å². The number of hydrogen-bond acceptors (Lipinski definition) is 3. The topological polar surface area (TPSA) is 30.3 Å². The molecule has 0 amide bonds. The first-order valence-electron chi connectivity index (χ1n) is 4.71. The van der Waals surface area contributed by atoms with Gasteiger partial charge < -0.3 is 4.90 Å². The molecule has 4 heteroatoms. The Hall–Kier alpha value is -1.24. The summed E-state index contributed by atoms with van der Waals surface area (Å²) >= 11 is 5.78. The Bertz CT molecular complexity index is 340. The molecule has 0 aliphatic heterocycles. The van der Waals surface area contributed by atoms with Crippen molar-refractivity contribution in [1.29, 1.82) is 5.26 Å². The lowest BCUT2D eigenvalue weighted by Crippen LogP contribution is -2.27. The van der Waals surface area contributed by atoms with Crippen molar-refractivity contribution in [2.24, 2.45) is 0 Å². The van der Waals surface area contributed by atoms with Gasteiger partial charge in [-0.3, -0.25) is 4.90 Å². The highest BCUT2D eigenvalue weighted by Crippen LogP contribution is 2.17. The maximum absolute atomic E-state index is 8.99. The van der Waals surface area contributed by atoms with Gasteiger partial charge in [0.1, 0.15) is 0 Å². The Labute approximate surface area is 95.5 Å². The fourth-order valence-corrected chi connectivity index (χ4v) is 1.28. The highest BCUT2D eigenvalue weighted by molar-refractivity contribution is 6.30. The van der Waals surface area contributed by atoms with Crippen LogP contribution in [-0.2, 0) is 0 Å². The molecule has 0 saturated carbocycles. The highest BCUT2D eigenvalue weighted by atomic mass is 35.5. The van der Waals surface area contributed by atoms with E-state index in [1.54, 1.807) is 17.0 Å². The minimum Gasteiger partial charge on any atom is -0.308 e. The second-order valence-electron chi connectivity index (χ2n) is 3.53.